The molecule has 0 bridgehead atoms. The maximum atomic E-state index is 5.51. The predicted octanol–water partition coefficient (Wildman–Crippen LogP) is 2.19. The van der Waals surface area contributed by atoms with E-state index in [0.717, 1.165) is 25.9 Å². The van der Waals surface area contributed by atoms with Crippen molar-refractivity contribution in [2.75, 3.05) is 13.2 Å². The fourth-order valence-corrected chi connectivity index (χ4v) is 1.68. The van der Waals surface area contributed by atoms with Gasteiger partial charge in [-0.05, 0) is 31.7 Å². The van der Waals surface area contributed by atoms with Gasteiger partial charge in [0.2, 0.25) is 0 Å². The second-order valence-corrected chi connectivity index (χ2v) is 4.46. The maximum Gasteiger partial charge on any atom is 0.0633 e. The lowest BCUT2D eigenvalue weighted by Gasteiger charge is -2.15. The monoisotopic (exact) mass is 236 g/mol. The van der Waals surface area contributed by atoms with Gasteiger partial charge in [-0.25, -0.2) is 0 Å². The van der Waals surface area contributed by atoms with Crippen molar-refractivity contribution in [2.24, 2.45) is 5.84 Å². The smallest absolute Gasteiger partial charge is 0.0633 e. The third-order valence-electron chi connectivity index (χ3n) is 2.81. The van der Waals surface area contributed by atoms with Gasteiger partial charge in [-0.15, -0.1) is 0 Å². The van der Waals surface area contributed by atoms with Crippen LogP contribution >= 0.6 is 0 Å². The van der Waals surface area contributed by atoms with E-state index in [9.17, 15) is 0 Å². The summed E-state index contributed by atoms with van der Waals surface area (Å²) in [6.45, 7) is 5.71. The predicted molar refractivity (Wildman–Crippen MR) is 71.7 cm³/mol. The van der Waals surface area contributed by atoms with Gasteiger partial charge < -0.3 is 4.74 Å². The standard InChI is InChI=1S/C14H24N2O/c1-3-10-17-11-14(16-15)9-8-13-6-4-12(2)5-7-13/h4-7,14,16H,3,8-11,15H2,1-2H3. The van der Waals surface area contributed by atoms with E-state index in [1.807, 2.05) is 0 Å². The minimum absolute atomic E-state index is 0.239. The molecule has 0 aliphatic heterocycles. The van der Waals surface area contributed by atoms with Crippen LogP contribution in [0.4, 0.5) is 0 Å². The van der Waals surface area contributed by atoms with Crippen molar-refractivity contribution in [1.29, 1.82) is 0 Å². The molecule has 1 aromatic rings. The summed E-state index contributed by atoms with van der Waals surface area (Å²) in [7, 11) is 0. The van der Waals surface area contributed by atoms with E-state index >= 15 is 0 Å². The van der Waals surface area contributed by atoms with Gasteiger partial charge in [0.25, 0.3) is 0 Å². The van der Waals surface area contributed by atoms with E-state index in [-0.39, 0.29) is 6.04 Å². The molecule has 0 saturated carbocycles. The third-order valence-corrected chi connectivity index (χ3v) is 2.81. The SMILES string of the molecule is CCCOCC(CCc1ccc(C)cc1)NN. The molecule has 0 aliphatic carbocycles. The number of rotatable bonds is 8. The summed E-state index contributed by atoms with van der Waals surface area (Å²) in [6, 6.07) is 8.88. The lowest BCUT2D eigenvalue weighted by atomic mass is 10.0. The molecule has 1 atom stereocenters. The van der Waals surface area contributed by atoms with Crippen molar-refractivity contribution in [3.8, 4) is 0 Å². The molecular weight excluding hydrogens is 212 g/mol. The fourth-order valence-electron chi connectivity index (χ4n) is 1.68. The summed E-state index contributed by atoms with van der Waals surface area (Å²) in [5.41, 5.74) is 5.47. The summed E-state index contributed by atoms with van der Waals surface area (Å²) >= 11 is 0. The molecule has 0 spiro atoms. The molecule has 0 fully saturated rings. The molecule has 0 aliphatic rings. The van der Waals surface area contributed by atoms with Gasteiger partial charge in [-0.3, -0.25) is 11.3 Å². The van der Waals surface area contributed by atoms with Gasteiger partial charge in [-0.2, -0.15) is 0 Å². The first-order valence-electron chi connectivity index (χ1n) is 6.35. The average molecular weight is 236 g/mol. The summed E-state index contributed by atoms with van der Waals surface area (Å²) in [4.78, 5) is 0. The number of benzene rings is 1. The zero-order chi connectivity index (χ0) is 12.5. The lowest BCUT2D eigenvalue weighted by molar-refractivity contribution is 0.109. The molecule has 1 rings (SSSR count). The van der Waals surface area contributed by atoms with Crippen molar-refractivity contribution in [3.05, 3.63) is 35.4 Å². The Kier molecular flexibility index (Phi) is 6.86. The summed E-state index contributed by atoms with van der Waals surface area (Å²) < 4.78 is 5.50. The average Bonchev–Trinajstić information content (AvgIpc) is 2.35. The van der Waals surface area contributed by atoms with Crippen LogP contribution in [0.3, 0.4) is 0 Å². The molecule has 17 heavy (non-hydrogen) atoms. The Labute approximate surface area is 104 Å². The van der Waals surface area contributed by atoms with Crippen molar-refractivity contribution in [1.82, 2.24) is 5.43 Å². The Balaban J connectivity index is 2.29. The second kappa shape index (κ2) is 8.23. The molecule has 0 saturated heterocycles. The molecule has 3 heteroatoms. The molecule has 0 amide bonds. The molecule has 0 heterocycles. The molecule has 1 unspecified atom stereocenters. The zero-order valence-electron chi connectivity index (χ0n) is 10.9. The molecular formula is C14H24N2O. The Morgan fingerprint density at radius 2 is 2.00 bits per heavy atom. The first-order valence-corrected chi connectivity index (χ1v) is 6.35. The van der Waals surface area contributed by atoms with Crippen LogP contribution in [-0.2, 0) is 11.2 Å². The number of hydrogen-bond donors (Lipinski definition) is 2. The van der Waals surface area contributed by atoms with Gasteiger partial charge in [-0.1, -0.05) is 36.8 Å². The maximum absolute atomic E-state index is 5.51. The van der Waals surface area contributed by atoms with E-state index < -0.39 is 0 Å². The third kappa shape index (κ3) is 5.82. The highest BCUT2D eigenvalue weighted by Gasteiger charge is 2.06. The zero-order valence-corrected chi connectivity index (χ0v) is 10.9. The molecule has 0 aromatic heterocycles. The Morgan fingerprint density at radius 1 is 1.29 bits per heavy atom. The lowest BCUT2D eigenvalue weighted by Crippen LogP contribution is -2.39. The fraction of sp³-hybridized carbons (Fsp3) is 0.571. The number of nitrogens with two attached hydrogens (primary N) is 1. The van der Waals surface area contributed by atoms with Crippen LogP contribution in [0.1, 0.15) is 30.9 Å². The second-order valence-electron chi connectivity index (χ2n) is 4.46. The highest BCUT2D eigenvalue weighted by atomic mass is 16.5. The first-order chi connectivity index (χ1) is 8.26. The van der Waals surface area contributed by atoms with Crippen LogP contribution in [0.25, 0.3) is 0 Å². The number of nitrogens with one attached hydrogen (secondary N) is 1. The van der Waals surface area contributed by atoms with E-state index in [1.165, 1.54) is 11.1 Å². The Hall–Kier alpha value is -0.900. The molecule has 3 N–H and O–H groups in total. The van der Waals surface area contributed by atoms with Crippen LogP contribution in [0.5, 0.6) is 0 Å². The number of aryl methyl sites for hydroxylation is 2. The van der Waals surface area contributed by atoms with Crippen LogP contribution in [0, 0.1) is 6.92 Å². The van der Waals surface area contributed by atoms with Gasteiger partial charge in [0.05, 0.1) is 6.61 Å². The van der Waals surface area contributed by atoms with Crippen LogP contribution in [-0.4, -0.2) is 19.3 Å². The number of ether oxygens (including phenoxy) is 1. The molecule has 0 radical (unpaired) electrons. The molecule has 1 aromatic carbocycles. The number of hydrogen-bond acceptors (Lipinski definition) is 3. The van der Waals surface area contributed by atoms with E-state index in [4.69, 9.17) is 10.6 Å². The van der Waals surface area contributed by atoms with E-state index in [2.05, 4.69) is 43.5 Å². The largest absolute Gasteiger partial charge is 0.380 e. The summed E-state index contributed by atoms with van der Waals surface area (Å²) in [5, 5.41) is 0. The Morgan fingerprint density at radius 3 is 2.59 bits per heavy atom. The normalized spacial score (nSPS) is 12.6. The highest BCUT2D eigenvalue weighted by Crippen LogP contribution is 2.07. The van der Waals surface area contributed by atoms with Crippen molar-refractivity contribution in [2.45, 2.75) is 39.2 Å². The van der Waals surface area contributed by atoms with E-state index in [0.29, 0.717) is 6.61 Å². The first kappa shape index (κ1) is 14.2. The highest BCUT2D eigenvalue weighted by molar-refractivity contribution is 5.21. The van der Waals surface area contributed by atoms with Gasteiger partial charge in [0.1, 0.15) is 0 Å². The van der Waals surface area contributed by atoms with E-state index in [1.54, 1.807) is 0 Å². The topological polar surface area (TPSA) is 47.3 Å². The summed E-state index contributed by atoms with van der Waals surface area (Å²) in [6.07, 6.45) is 3.09. The van der Waals surface area contributed by atoms with Gasteiger partial charge in [0.15, 0.2) is 0 Å². The van der Waals surface area contributed by atoms with Gasteiger partial charge >= 0.3 is 0 Å². The van der Waals surface area contributed by atoms with Crippen molar-refractivity contribution in [3.63, 3.8) is 0 Å². The van der Waals surface area contributed by atoms with Crippen molar-refractivity contribution < 1.29 is 4.74 Å². The Bertz CT molecular complexity index is 298. The van der Waals surface area contributed by atoms with Gasteiger partial charge in [0, 0.05) is 12.6 Å². The minimum atomic E-state index is 0.239. The number of hydrazine groups is 1. The van der Waals surface area contributed by atoms with Crippen LogP contribution in [0.15, 0.2) is 24.3 Å². The van der Waals surface area contributed by atoms with Crippen LogP contribution < -0.4 is 11.3 Å². The summed E-state index contributed by atoms with van der Waals surface area (Å²) in [5.74, 6) is 5.51. The molecule has 3 nitrogen and oxygen atoms in total. The van der Waals surface area contributed by atoms with Crippen molar-refractivity contribution >= 4 is 0 Å². The molecule has 96 valence electrons. The van der Waals surface area contributed by atoms with Crippen LogP contribution in [0.2, 0.25) is 0 Å². The minimum Gasteiger partial charge on any atom is -0.380 e. The quantitative estimate of drug-likeness (QED) is 0.413.